The Morgan fingerprint density at radius 3 is 2.45 bits per heavy atom. The van der Waals surface area contributed by atoms with Gasteiger partial charge in [-0.2, -0.15) is 5.26 Å². The molecule has 1 aliphatic heterocycles. The molecule has 0 atom stereocenters. The molecule has 0 spiro atoms. The van der Waals surface area contributed by atoms with Crippen molar-refractivity contribution in [2.45, 2.75) is 25.9 Å². The van der Waals surface area contributed by atoms with Crippen LogP contribution in [0.25, 0.3) is 22.3 Å². The van der Waals surface area contributed by atoms with Crippen LogP contribution in [0.2, 0.25) is 0 Å². The molecular formula is C32H23F4N5O3. The van der Waals surface area contributed by atoms with E-state index in [1.165, 1.54) is 36.4 Å². The van der Waals surface area contributed by atoms with Gasteiger partial charge in [0.05, 0.1) is 33.9 Å². The van der Waals surface area contributed by atoms with E-state index in [1.807, 2.05) is 11.1 Å². The number of aromatic nitrogens is 3. The molecule has 0 saturated carbocycles. The molecule has 222 valence electrons. The van der Waals surface area contributed by atoms with Crippen LogP contribution in [0.1, 0.15) is 45.7 Å². The van der Waals surface area contributed by atoms with Crippen molar-refractivity contribution in [3.05, 3.63) is 112 Å². The van der Waals surface area contributed by atoms with Crippen LogP contribution in [-0.4, -0.2) is 33.7 Å². The monoisotopic (exact) mass is 601 g/mol. The van der Waals surface area contributed by atoms with E-state index in [4.69, 9.17) is 10.00 Å². The molecule has 1 saturated heterocycles. The molecule has 0 bridgehead atoms. The van der Waals surface area contributed by atoms with Crippen LogP contribution < -0.4 is 9.75 Å². The molecule has 0 amide bonds. The number of halogens is 4. The summed E-state index contributed by atoms with van der Waals surface area (Å²) in [6.07, 6.45) is 1.77. The Kier molecular flexibility index (Phi) is 7.85. The van der Waals surface area contributed by atoms with Crippen molar-refractivity contribution in [2.75, 3.05) is 18.1 Å². The van der Waals surface area contributed by atoms with E-state index in [9.17, 15) is 13.7 Å². The van der Waals surface area contributed by atoms with Crippen LogP contribution in [0.4, 0.5) is 17.7 Å². The molecule has 44 heavy (non-hydrogen) atoms. The van der Waals surface area contributed by atoms with Gasteiger partial charge in [0, 0.05) is 41.2 Å². The van der Waals surface area contributed by atoms with Crippen molar-refractivity contribution in [3.8, 4) is 23.2 Å². The minimum Gasteiger partial charge on any atom is -0.473 e. The minimum absolute atomic E-state index is 0.00535. The van der Waals surface area contributed by atoms with Crippen LogP contribution in [-0.2, 0) is 18.0 Å². The second-order valence-electron chi connectivity index (χ2n) is 10.2. The van der Waals surface area contributed by atoms with E-state index in [0.29, 0.717) is 29.9 Å². The van der Waals surface area contributed by atoms with Crippen LogP contribution in [0.15, 0.2) is 66.7 Å². The first-order valence-corrected chi connectivity index (χ1v) is 13.7. The summed E-state index contributed by atoms with van der Waals surface area (Å²) < 4.78 is 65.1. The van der Waals surface area contributed by atoms with Gasteiger partial charge in [0.25, 0.3) is 0 Å². The van der Waals surface area contributed by atoms with Crippen molar-refractivity contribution < 1.29 is 32.2 Å². The Balaban J connectivity index is 1.28. The second kappa shape index (κ2) is 12.0. The molecule has 6 rings (SSSR count). The first kappa shape index (κ1) is 28.7. The van der Waals surface area contributed by atoms with E-state index < -0.39 is 23.4 Å². The third-order valence-corrected chi connectivity index (χ3v) is 7.41. The third-order valence-electron chi connectivity index (χ3n) is 7.41. The summed E-state index contributed by atoms with van der Waals surface area (Å²) in [5.41, 5.74) is 1.46. The Morgan fingerprint density at radius 1 is 0.909 bits per heavy atom. The summed E-state index contributed by atoms with van der Waals surface area (Å²) in [6.45, 7) is 1.19. The fraction of sp³-hybridized carbons (Fsp3) is 0.188. The number of nitrogens with zero attached hydrogens (tertiary/aromatic N) is 5. The lowest BCUT2D eigenvalue weighted by molar-refractivity contribution is -0.0787. The lowest BCUT2D eigenvalue weighted by Gasteiger charge is -2.23. The molecule has 3 heterocycles. The maximum absolute atomic E-state index is 15.5. The number of pyridine rings is 1. The molecule has 12 heteroatoms. The van der Waals surface area contributed by atoms with Crippen molar-refractivity contribution in [3.63, 3.8) is 0 Å². The van der Waals surface area contributed by atoms with Gasteiger partial charge in [-0.1, -0.05) is 12.1 Å². The lowest BCUT2D eigenvalue weighted by atomic mass is 10.0. The van der Waals surface area contributed by atoms with Gasteiger partial charge in [-0.3, -0.25) is 0 Å². The van der Waals surface area contributed by atoms with Gasteiger partial charge in [-0.25, -0.2) is 37.6 Å². The van der Waals surface area contributed by atoms with Gasteiger partial charge in [-0.15, -0.1) is 0 Å². The SMILES string of the molecule is N#Cc1ccc(COc2cccc(-c3cc(F)c(Cc4nc5ccc(C(=O)OF)cc5n4N4CCCC4)cc3F)n2)c(F)c1. The Hall–Kier alpha value is -5.44. The molecule has 2 aromatic heterocycles. The Bertz CT molecular complexity index is 1930. The van der Waals surface area contributed by atoms with Crippen molar-refractivity contribution in [1.29, 1.82) is 5.26 Å². The number of carbonyl (C=O) groups is 1. The summed E-state index contributed by atoms with van der Waals surface area (Å²) in [6, 6.07) is 17.0. The standard InChI is InChI=1S/C32H23F4N5O3/c33-24-12-19(17-37)6-7-21(24)18-43-31-5-3-4-27(39-31)23-16-25(34)22(13-26(23)35)15-30-38-28-9-8-20(32(42)44-36)14-29(28)41(30)40-10-1-2-11-40/h3-9,12-14,16H,1-2,10-11,15,18H2. The Labute approximate surface area is 248 Å². The summed E-state index contributed by atoms with van der Waals surface area (Å²) in [7, 11) is 0. The number of fused-ring (bicyclic) bond motifs is 1. The van der Waals surface area contributed by atoms with E-state index in [2.05, 4.69) is 14.9 Å². The van der Waals surface area contributed by atoms with Gasteiger partial charge in [-0.05, 0) is 66.9 Å². The number of nitriles is 1. The summed E-state index contributed by atoms with van der Waals surface area (Å²) in [5.74, 6) is -2.66. The lowest BCUT2D eigenvalue weighted by Crippen LogP contribution is -2.32. The van der Waals surface area contributed by atoms with E-state index >= 15 is 8.78 Å². The summed E-state index contributed by atoms with van der Waals surface area (Å²) in [5, 5.41) is 10.9. The van der Waals surface area contributed by atoms with E-state index in [1.54, 1.807) is 16.8 Å². The van der Waals surface area contributed by atoms with Crippen LogP contribution in [0.5, 0.6) is 5.88 Å². The van der Waals surface area contributed by atoms with Gasteiger partial charge >= 0.3 is 5.97 Å². The maximum Gasteiger partial charge on any atom is 0.379 e. The largest absolute Gasteiger partial charge is 0.473 e. The molecule has 8 nitrogen and oxygen atoms in total. The number of carbonyl (C=O) groups excluding carboxylic acids is 1. The quantitative estimate of drug-likeness (QED) is 0.192. The van der Waals surface area contributed by atoms with Crippen LogP contribution in [0.3, 0.4) is 0 Å². The average molecular weight is 602 g/mol. The van der Waals surface area contributed by atoms with Crippen molar-refractivity contribution >= 4 is 17.0 Å². The van der Waals surface area contributed by atoms with Gasteiger partial charge in [0.2, 0.25) is 5.88 Å². The van der Waals surface area contributed by atoms with Crippen LogP contribution in [0, 0.1) is 28.8 Å². The molecule has 3 aromatic carbocycles. The number of benzene rings is 3. The second-order valence-corrected chi connectivity index (χ2v) is 10.2. The predicted octanol–water partition coefficient (Wildman–Crippen LogP) is 6.33. The van der Waals surface area contributed by atoms with Crippen LogP contribution >= 0.6 is 0 Å². The number of ether oxygens (including phenoxy) is 1. The molecule has 1 aliphatic rings. The van der Waals surface area contributed by atoms with Gasteiger partial charge < -0.3 is 9.75 Å². The number of imidazole rings is 1. The molecular weight excluding hydrogens is 578 g/mol. The average Bonchev–Trinajstić information content (AvgIpc) is 3.69. The molecule has 1 fully saturated rings. The highest BCUT2D eigenvalue weighted by Crippen LogP contribution is 2.29. The topological polar surface area (TPSA) is 93.3 Å². The van der Waals surface area contributed by atoms with Crippen molar-refractivity contribution in [2.24, 2.45) is 0 Å². The number of hydrogen-bond donors (Lipinski definition) is 0. The molecule has 0 N–H and O–H groups in total. The fourth-order valence-corrected chi connectivity index (χ4v) is 5.24. The van der Waals surface area contributed by atoms with Gasteiger partial charge in [0.1, 0.15) is 29.9 Å². The molecule has 5 aromatic rings. The highest BCUT2D eigenvalue weighted by Gasteiger charge is 2.23. The van der Waals surface area contributed by atoms with Gasteiger partial charge in [0.15, 0.2) is 0 Å². The first-order chi connectivity index (χ1) is 21.3. The normalized spacial score (nSPS) is 12.8. The molecule has 0 unspecified atom stereocenters. The van der Waals surface area contributed by atoms with E-state index in [0.717, 1.165) is 31.0 Å². The zero-order valence-corrected chi connectivity index (χ0v) is 23.1. The fourth-order valence-electron chi connectivity index (χ4n) is 5.24. The smallest absolute Gasteiger partial charge is 0.379 e. The summed E-state index contributed by atoms with van der Waals surface area (Å²) >= 11 is 0. The third kappa shape index (κ3) is 5.64. The zero-order chi connectivity index (χ0) is 30.8. The minimum atomic E-state index is -1.14. The summed E-state index contributed by atoms with van der Waals surface area (Å²) in [4.78, 5) is 24.1. The van der Waals surface area contributed by atoms with Crippen molar-refractivity contribution in [1.82, 2.24) is 14.6 Å². The molecule has 0 radical (unpaired) electrons. The number of rotatable bonds is 8. The number of hydrogen-bond acceptors (Lipinski definition) is 7. The molecule has 0 aliphatic carbocycles. The Morgan fingerprint density at radius 2 is 1.70 bits per heavy atom. The van der Waals surface area contributed by atoms with E-state index in [-0.39, 0.29) is 52.4 Å². The first-order valence-electron chi connectivity index (χ1n) is 13.7. The highest BCUT2D eigenvalue weighted by molar-refractivity contribution is 5.93. The highest BCUT2D eigenvalue weighted by atomic mass is 19.3. The zero-order valence-electron chi connectivity index (χ0n) is 23.1. The maximum atomic E-state index is 15.5. The predicted molar refractivity (Wildman–Crippen MR) is 151 cm³/mol.